The Kier molecular flexibility index (Phi) is 8.50. The summed E-state index contributed by atoms with van der Waals surface area (Å²) in [5.41, 5.74) is -0.280. The number of nitrogens with zero attached hydrogens (tertiary/aromatic N) is 3. The van der Waals surface area contributed by atoms with Crippen molar-refractivity contribution < 1.29 is 27.9 Å². The number of rotatable bonds is 7. The average molecular weight is 710 g/mol. The van der Waals surface area contributed by atoms with E-state index in [9.17, 15) is 19.2 Å². The fraction of sp³-hybridized carbons (Fsp3) is 0.385. The second-order valence-electron chi connectivity index (χ2n) is 14.7. The molecule has 1 atom stereocenters. The Morgan fingerprint density at radius 3 is 2.50 bits per heavy atom. The van der Waals surface area contributed by atoms with E-state index in [1.165, 1.54) is 6.20 Å². The zero-order chi connectivity index (χ0) is 36.3. The van der Waals surface area contributed by atoms with E-state index in [0.29, 0.717) is 66.3 Å². The van der Waals surface area contributed by atoms with Crippen molar-refractivity contribution in [3.05, 3.63) is 80.5 Å². The Hall–Kier alpha value is -5.27. The van der Waals surface area contributed by atoms with Crippen LogP contribution in [-0.4, -0.2) is 85.4 Å². The molecule has 4 aromatic carbocycles. The summed E-state index contributed by atoms with van der Waals surface area (Å²) < 4.78 is 35.5. The number of ether oxygens (including phenoxy) is 2. The number of hydrogen-bond donors (Lipinski definition) is 2. The molecule has 0 spiro atoms. The molecule has 2 aliphatic heterocycles. The number of halogens is 1. The van der Waals surface area contributed by atoms with Crippen molar-refractivity contribution in [2.75, 3.05) is 57.4 Å². The number of alkyl carbamates (subject to hydrolysis) is 1. The second-order valence-corrected chi connectivity index (χ2v) is 14.7. The van der Waals surface area contributed by atoms with E-state index < -0.39 is 28.8 Å². The van der Waals surface area contributed by atoms with Gasteiger partial charge in [-0.1, -0.05) is 24.3 Å². The van der Waals surface area contributed by atoms with Crippen LogP contribution in [0.5, 0.6) is 0 Å². The van der Waals surface area contributed by atoms with Crippen LogP contribution < -0.4 is 26.4 Å². The zero-order valence-corrected chi connectivity index (χ0v) is 29.3. The molecule has 52 heavy (non-hydrogen) atoms. The van der Waals surface area contributed by atoms with Crippen LogP contribution in [0.3, 0.4) is 0 Å². The molecule has 12 nitrogen and oxygen atoms in total. The Morgan fingerprint density at radius 2 is 1.73 bits per heavy atom. The van der Waals surface area contributed by atoms with Crippen molar-refractivity contribution in [1.82, 2.24) is 19.9 Å². The summed E-state index contributed by atoms with van der Waals surface area (Å²) in [6, 6.07) is 11.6. The largest absolute Gasteiger partial charge is 0.451 e. The maximum Gasteiger partial charge on any atom is 0.407 e. The molecule has 0 aliphatic carbocycles. The minimum Gasteiger partial charge on any atom is -0.451 e. The van der Waals surface area contributed by atoms with Gasteiger partial charge in [0.15, 0.2) is 22.4 Å². The van der Waals surface area contributed by atoms with Crippen LogP contribution >= 0.6 is 0 Å². The van der Waals surface area contributed by atoms with Crippen molar-refractivity contribution in [3.63, 3.8) is 0 Å². The molecular formula is C39H40FN5O7. The van der Waals surface area contributed by atoms with Gasteiger partial charge in [-0.2, -0.15) is 0 Å². The summed E-state index contributed by atoms with van der Waals surface area (Å²) >= 11 is 0. The monoisotopic (exact) mass is 709 g/mol. The van der Waals surface area contributed by atoms with Crippen molar-refractivity contribution in [1.29, 1.82) is 0 Å². The summed E-state index contributed by atoms with van der Waals surface area (Å²) in [6.07, 6.45) is 2.13. The molecule has 2 aromatic heterocycles. The SMILES string of the molecule is CC(C)(C)OC(=O)N[C@H]1CCN(c2c(F)cc3c(=O)c(C(=O)NCCCN4CCOCC4)cn4c5cc6c(cc5oc2c34)c(=O)c2ccccc26)C1. The topological polar surface area (TPSA) is 135 Å². The Labute approximate surface area is 297 Å². The number of pyridine rings is 1. The lowest BCUT2D eigenvalue weighted by Crippen LogP contribution is -2.40. The number of fused-ring (bicyclic) bond motifs is 5. The van der Waals surface area contributed by atoms with Gasteiger partial charge in [-0.25, -0.2) is 9.18 Å². The van der Waals surface area contributed by atoms with Crippen molar-refractivity contribution in [3.8, 4) is 0 Å². The number of aromatic nitrogens is 1. The Morgan fingerprint density at radius 1 is 0.962 bits per heavy atom. The van der Waals surface area contributed by atoms with Gasteiger partial charge in [-0.15, -0.1) is 0 Å². The van der Waals surface area contributed by atoms with Crippen LogP contribution in [0.1, 0.15) is 44.0 Å². The summed E-state index contributed by atoms with van der Waals surface area (Å²) in [5.74, 6) is -1.27. The number of anilines is 1. The van der Waals surface area contributed by atoms with E-state index in [1.807, 2.05) is 24.3 Å². The zero-order valence-electron chi connectivity index (χ0n) is 29.3. The lowest BCUT2D eigenvalue weighted by Gasteiger charge is -2.26. The first-order valence-electron chi connectivity index (χ1n) is 17.7. The highest BCUT2D eigenvalue weighted by Gasteiger charge is 2.32. The van der Waals surface area contributed by atoms with E-state index in [1.54, 1.807) is 42.2 Å². The van der Waals surface area contributed by atoms with E-state index in [0.717, 1.165) is 31.1 Å². The maximum atomic E-state index is 16.4. The van der Waals surface area contributed by atoms with Crippen molar-refractivity contribution in [2.24, 2.45) is 0 Å². The smallest absolute Gasteiger partial charge is 0.407 e. The van der Waals surface area contributed by atoms with Gasteiger partial charge in [0.05, 0.1) is 30.2 Å². The standard InChI is InChI=1S/C39H40FN5O7/c1-39(2,3)52-38(49)42-22-9-12-44(20-22)33-29(40)17-27-32-36(33)51-31-19-26-25(23-7-4-5-8-24(23)34(26)46)18-30(31)45(32)21-28(35(27)47)37(48)41-10-6-11-43-13-15-50-16-14-43/h4-5,7-8,17-19,21-22H,6,9-16,20H2,1-3H3,(H,41,48)(H,42,49)/t22-/m0/s1. The molecule has 2 saturated heterocycles. The van der Waals surface area contributed by atoms with E-state index in [4.69, 9.17) is 13.9 Å². The molecule has 13 heteroatoms. The normalized spacial score (nSPS) is 17.2. The first kappa shape index (κ1) is 33.9. The summed E-state index contributed by atoms with van der Waals surface area (Å²) in [7, 11) is 0. The third-order valence-corrected chi connectivity index (χ3v) is 9.96. The maximum absolute atomic E-state index is 16.4. The number of hydrogen-bond acceptors (Lipinski definition) is 9. The van der Waals surface area contributed by atoms with Gasteiger partial charge < -0.3 is 33.8 Å². The minimum absolute atomic E-state index is 0.0116. The molecule has 2 amide bonds. The van der Waals surface area contributed by atoms with Crippen molar-refractivity contribution >= 4 is 66.8 Å². The first-order chi connectivity index (χ1) is 25.0. The quantitative estimate of drug-likeness (QED) is 0.134. The molecule has 2 fully saturated rings. The number of amides is 2. The minimum atomic E-state index is -0.708. The Bertz CT molecular complexity index is 2500. The second kappa shape index (κ2) is 13.1. The number of morpholine rings is 1. The predicted molar refractivity (Wildman–Crippen MR) is 198 cm³/mol. The van der Waals surface area contributed by atoms with Gasteiger partial charge in [0.2, 0.25) is 5.43 Å². The van der Waals surface area contributed by atoms with Gasteiger partial charge in [0.1, 0.15) is 22.4 Å². The van der Waals surface area contributed by atoms with E-state index in [2.05, 4.69) is 15.5 Å². The number of carbonyl (C=O) groups excluding carboxylic acids is 2. The third-order valence-electron chi connectivity index (χ3n) is 9.96. The van der Waals surface area contributed by atoms with E-state index in [-0.39, 0.29) is 45.8 Å². The van der Waals surface area contributed by atoms with Crippen LogP contribution in [0.25, 0.3) is 49.1 Å². The van der Waals surface area contributed by atoms with Gasteiger partial charge in [-0.05, 0) is 69.1 Å². The molecule has 0 bridgehead atoms. The molecule has 4 heterocycles. The molecule has 6 aromatic rings. The van der Waals surface area contributed by atoms with Crippen LogP contribution in [0.4, 0.5) is 14.9 Å². The molecule has 8 rings (SSSR count). The predicted octanol–water partition coefficient (Wildman–Crippen LogP) is 5.00. The average Bonchev–Trinajstić information content (AvgIpc) is 3.67. The van der Waals surface area contributed by atoms with Gasteiger partial charge >= 0.3 is 6.09 Å². The van der Waals surface area contributed by atoms with Crippen LogP contribution in [-0.2, 0) is 9.47 Å². The van der Waals surface area contributed by atoms with Crippen LogP contribution in [0, 0.1) is 5.82 Å². The lowest BCUT2D eigenvalue weighted by atomic mass is 10.1. The van der Waals surface area contributed by atoms with Crippen molar-refractivity contribution in [2.45, 2.75) is 45.3 Å². The fourth-order valence-electron chi connectivity index (χ4n) is 7.56. The molecule has 270 valence electrons. The number of nitrogens with one attached hydrogen (secondary N) is 2. The molecular weight excluding hydrogens is 669 g/mol. The fourth-order valence-corrected chi connectivity index (χ4v) is 7.56. The summed E-state index contributed by atoms with van der Waals surface area (Å²) in [5, 5.41) is 8.22. The highest BCUT2D eigenvalue weighted by Crippen LogP contribution is 2.38. The molecule has 0 saturated carbocycles. The highest BCUT2D eigenvalue weighted by molar-refractivity contribution is 6.15. The van der Waals surface area contributed by atoms with Gasteiger partial charge in [0.25, 0.3) is 5.91 Å². The molecule has 0 unspecified atom stereocenters. The summed E-state index contributed by atoms with van der Waals surface area (Å²) in [6.45, 7) is 10.1. The van der Waals surface area contributed by atoms with Gasteiger partial charge in [-0.3, -0.25) is 19.3 Å². The molecule has 2 N–H and O–H groups in total. The highest BCUT2D eigenvalue weighted by atomic mass is 19.1. The Balaban J connectivity index is 1.24. The third kappa shape index (κ3) is 6.07. The van der Waals surface area contributed by atoms with Gasteiger partial charge in [0, 0.05) is 49.7 Å². The molecule has 2 aliphatic rings. The van der Waals surface area contributed by atoms with Crippen LogP contribution in [0.15, 0.2) is 62.7 Å². The summed E-state index contributed by atoms with van der Waals surface area (Å²) in [4.78, 5) is 57.7. The number of benzene rings is 3. The van der Waals surface area contributed by atoms with E-state index >= 15 is 4.39 Å². The lowest BCUT2D eigenvalue weighted by molar-refractivity contribution is 0.0374. The van der Waals surface area contributed by atoms with Crippen LogP contribution in [0.2, 0.25) is 0 Å². The first-order valence-corrected chi connectivity index (χ1v) is 17.7. The molecule has 0 radical (unpaired) electrons. The number of carbonyl (C=O) groups is 2.